The van der Waals surface area contributed by atoms with Crippen molar-refractivity contribution in [3.05, 3.63) is 16.6 Å². The quantitative estimate of drug-likeness (QED) is 0.765. The number of alkyl halides is 2. The Morgan fingerprint density at radius 3 is 2.67 bits per heavy atom. The standard InChI is InChI=1S/C7H8F2N2S/c8-7(9)3-6(7,4-10)5-11-1-2-12-5/h1-2H,3-4,10H2. The van der Waals surface area contributed by atoms with E-state index in [4.69, 9.17) is 5.73 Å². The maximum absolute atomic E-state index is 12.9. The van der Waals surface area contributed by atoms with Gasteiger partial charge in [-0.1, -0.05) is 0 Å². The van der Waals surface area contributed by atoms with Crippen LogP contribution in [0.3, 0.4) is 0 Å². The Morgan fingerprint density at radius 2 is 2.33 bits per heavy atom. The summed E-state index contributed by atoms with van der Waals surface area (Å²) in [4.78, 5) is 3.88. The fourth-order valence-electron chi connectivity index (χ4n) is 1.34. The van der Waals surface area contributed by atoms with Crippen molar-refractivity contribution in [1.29, 1.82) is 0 Å². The van der Waals surface area contributed by atoms with Gasteiger partial charge in [-0.05, 0) is 0 Å². The molecule has 1 aliphatic rings. The van der Waals surface area contributed by atoms with E-state index in [1.54, 1.807) is 5.38 Å². The van der Waals surface area contributed by atoms with E-state index in [0.29, 0.717) is 5.01 Å². The smallest absolute Gasteiger partial charge is 0.262 e. The molecule has 0 aromatic carbocycles. The van der Waals surface area contributed by atoms with Gasteiger partial charge in [0, 0.05) is 24.5 Å². The van der Waals surface area contributed by atoms with E-state index in [0.717, 1.165) is 0 Å². The number of hydrogen-bond acceptors (Lipinski definition) is 3. The zero-order valence-corrected chi connectivity index (χ0v) is 7.07. The monoisotopic (exact) mass is 190 g/mol. The molecule has 5 heteroatoms. The molecule has 1 heterocycles. The number of halogens is 2. The molecule has 2 nitrogen and oxygen atoms in total. The van der Waals surface area contributed by atoms with Crippen molar-refractivity contribution >= 4 is 11.3 Å². The predicted octanol–water partition coefficient (Wildman–Crippen LogP) is 1.38. The maximum Gasteiger partial charge on any atom is 0.262 e. The van der Waals surface area contributed by atoms with Crippen LogP contribution >= 0.6 is 11.3 Å². The molecule has 2 N–H and O–H groups in total. The van der Waals surface area contributed by atoms with Crippen LogP contribution < -0.4 is 5.73 Å². The van der Waals surface area contributed by atoms with E-state index in [-0.39, 0.29) is 13.0 Å². The second-order valence-corrected chi connectivity index (χ2v) is 3.90. The molecular weight excluding hydrogens is 182 g/mol. The highest BCUT2D eigenvalue weighted by Gasteiger charge is 2.72. The summed E-state index contributed by atoms with van der Waals surface area (Å²) >= 11 is 1.25. The number of aromatic nitrogens is 1. The lowest BCUT2D eigenvalue weighted by molar-refractivity contribution is 0.0895. The van der Waals surface area contributed by atoms with E-state index in [9.17, 15) is 8.78 Å². The normalized spacial score (nSPS) is 31.9. The summed E-state index contributed by atoms with van der Waals surface area (Å²) < 4.78 is 25.8. The molecule has 0 radical (unpaired) electrons. The van der Waals surface area contributed by atoms with Crippen LogP contribution in [-0.4, -0.2) is 17.5 Å². The maximum atomic E-state index is 12.9. The van der Waals surface area contributed by atoms with Crippen LogP contribution in [0, 0.1) is 0 Å². The van der Waals surface area contributed by atoms with Crippen LogP contribution in [0.4, 0.5) is 8.78 Å². The third-order valence-electron chi connectivity index (χ3n) is 2.29. The van der Waals surface area contributed by atoms with Crippen LogP contribution in [0.15, 0.2) is 11.6 Å². The molecule has 0 bridgehead atoms. The molecule has 1 unspecified atom stereocenters. The minimum Gasteiger partial charge on any atom is -0.329 e. The number of nitrogens with zero attached hydrogens (tertiary/aromatic N) is 1. The van der Waals surface area contributed by atoms with E-state index >= 15 is 0 Å². The van der Waals surface area contributed by atoms with Crippen molar-refractivity contribution in [2.45, 2.75) is 17.8 Å². The fourth-order valence-corrected chi connectivity index (χ4v) is 2.24. The van der Waals surface area contributed by atoms with Gasteiger partial charge in [0.1, 0.15) is 10.4 Å². The van der Waals surface area contributed by atoms with Crippen molar-refractivity contribution in [2.75, 3.05) is 6.54 Å². The lowest BCUT2D eigenvalue weighted by atomic mass is 10.1. The Hall–Kier alpha value is -0.550. The first-order valence-electron chi connectivity index (χ1n) is 3.60. The average molecular weight is 190 g/mol. The van der Waals surface area contributed by atoms with Gasteiger partial charge < -0.3 is 5.73 Å². The molecule has 1 aromatic heterocycles. The highest BCUT2D eigenvalue weighted by Crippen LogP contribution is 2.61. The second kappa shape index (κ2) is 2.23. The number of rotatable bonds is 2. The molecule has 2 rings (SSSR count). The third-order valence-corrected chi connectivity index (χ3v) is 3.27. The lowest BCUT2D eigenvalue weighted by Gasteiger charge is -2.08. The molecule has 0 spiro atoms. The molecule has 0 saturated heterocycles. The highest BCUT2D eigenvalue weighted by molar-refractivity contribution is 7.09. The molecule has 1 aliphatic carbocycles. The molecule has 12 heavy (non-hydrogen) atoms. The molecule has 1 aromatic rings. The van der Waals surface area contributed by atoms with Gasteiger partial charge in [-0.15, -0.1) is 11.3 Å². The van der Waals surface area contributed by atoms with Gasteiger partial charge in [0.25, 0.3) is 5.92 Å². The lowest BCUT2D eigenvalue weighted by Crippen LogP contribution is -2.26. The topological polar surface area (TPSA) is 38.9 Å². The van der Waals surface area contributed by atoms with Crippen molar-refractivity contribution in [1.82, 2.24) is 4.98 Å². The van der Waals surface area contributed by atoms with E-state index < -0.39 is 11.3 Å². The van der Waals surface area contributed by atoms with Gasteiger partial charge in [0.15, 0.2) is 0 Å². The minimum atomic E-state index is -2.64. The fraction of sp³-hybridized carbons (Fsp3) is 0.571. The first-order valence-corrected chi connectivity index (χ1v) is 4.48. The van der Waals surface area contributed by atoms with Gasteiger partial charge >= 0.3 is 0 Å². The Morgan fingerprint density at radius 1 is 1.67 bits per heavy atom. The number of nitrogens with two attached hydrogens (primary N) is 1. The van der Waals surface area contributed by atoms with Gasteiger partial charge in [0.05, 0.1) is 0 Å². The molecule has 1 saturated carbocycles. The van der Waals surface area contributed by atoms with Gasteiger partial charge in [-0.25, -0.2) is 13.8 Å². The number of thiazole rings is 1. The first kappa shape index (κ1) is 8.07. The summed E-state index contributed by atoms with van der Waals surface area (Å²) in [5, 5.41) is 2.16. The molecule has 66 valence electrons. The Bertz CT molecular complexity index is 286. The van der Waals surface area contributed by atoms with Crippen molar-refractivity contribution in [2.24, 2.45) is 5.73 Å². The van der Waals surface area contributed by atoms with Crippen LogP contribution in [0.25, 0.3) is 0 Å². The van der Waals surface area contributed by atoms with Gasteiger partial charge in [-0.2, -0.15) is 0 Å². The summed E-state index contributed by atoms with van der Waals surface area (Å²) in [5.74, 6) is -2.64. The van der Waals surface area contributed by atoms with Crippen LogP contribution in [-0.2, 0) is 5.41 Å². The highest BCUT2D eigenvalue weighted by atomic mass is 32.1. The average Bonchev–Trinajstić information content (AvgIpc) is 2.52. The Balaban J connectivity index is 2.34. The largest absolute Gasteiger partial charge is 0.329 e. The zero-order valence-electron chi connectivity index (χ0n) is 6.26. The summed E-state index contributed by atoms with van der Waals surface area (Å²) in [6, 6.07) is 0. The van der Waals surface area contributed by atoms with Crippen molar-refractivity contribution < 1.29 is 8.78 Å². The van der Waals surface area contributed by atoms with Gasteiger partial charge in [0.2, 0.25) is 0 Å². The molecule has 1 fully saturated rings. The molecule has 1 atom stereocenters. The van der Waals surface area contributed by atoms with Crippen molar-refractivity contribution in [3.63, 3.8) is 0 Å². The number of hydrogen-bond donors (Lipinski definition) is 1. The Labute approximate surface area is 72.4 Å². The first-order chi connectivity index (χ1) is 5.62. The zero-order chi connectivity index (χ0) is 8.82. The summed E-state index contributed by atoms with van der Waals surface area (Å²) in [5.41, 5.74) is 4.18. The van der Waals surface area contributed by atoms with Gasteiger partial charge in [-0.3, -0.25) is 0 Å². The minimum absolute atomic E-state index is 0.0203. The van der Waals surface area contributed by atoms with Crippen LogP contribution in [0.5, 0.6) is 0 Å². The predicted molar refractivity (Wildman–Crippen MR) is 42.4 cm³/mol. The molecule has 0 aliphatic heterocycles. The van der Waals surface area contributed by atoms with E-state index in [2.05, 4.69) is 4.98 Å². The van der Waals surface area contributed by atoms with Crippen LogP contribution in [0.2, 0.25) is 0 Å². The Kier molecular flexibility index (Phi) is 1.50. The molecular formula is C7H8F2N2S. The second-order valence-electron chi connectivity index (χ2n) is 3.00. The van der Waals surface area contributed by atoms with E-state index in [1.807, 2.05) is 0 Å². The summed E-state index contributed by atoms with van der Waals surface area (Å²) in [6.07, 6.45) is 1.38. The van der Waals surface area contributed by atoms with Crippen LogP contribution in [0.1, 0.15) is 11.4 Å². The van der Waals surface area contributed by atoms with E-state index in [1.165, 1.54) is 17.5 Å². The van der Waals surface area contributed by atoms with Crippen molar-refractivity contribution in [3.8, 4) is 0 Å². The molecule has 0 amide bonds. The third kappa shape index (κ3) is 0.834. The summed E-state index contributed by atoms with van der Waals surface area (Å²) in [7, 11) is 0. The SMILES string of the molecule is NCC1(c2nccs2)CC1(F)F. The summed E-state index contributed by atoms with van der Waals surface area (Å²) in [6.45, 7) is -0.0203.